The van der Waals surface area contributed by atoms with Gasteiger partial charge in [0.15, 0.2) is 5.78 Å². The number of halogens is 1. The molecule has 42 heavy (non-hydrogen) atoms. The highest BCUT2D eigenvalue weighted by Gasteiger charge is 2.25. The summed E-state index contributed by atoms with van der Waals surface area (Å²) in [7, 11) is 6.52. The number of anilines is 1. The SMILES string of the molecule is COC(=C/N(C)[C@@H](Cc1ccccc1)C(=O)Nc1ccc(C(=O)N(C)C)cc1)/C(=C\C=O)c1cc(Cl)ccc1C(C)=O. The molecule has 0 unspecified atom stereocenters. The third-order valence-electron chi connectivity index (χ3n) is 6.56. The fourth-order valence-corrected chi connectivity index (χ4v) is 4.54. The van der Waals surface area contributed by atoms with E-state index in [1.165, 1.54) is 25.0 Å². The zero-order valence-electron chi connectivity index (χ0n) is 24.3. The van der Waals surface area contributed by atoms with Crippen LogP contribution in [0.5, 0.6) is 0 Å². The van der Waals surface area contributed by atoms with Gasteiger partial charge in [-0.25, -0.2) is 0 Å². The van der Waals surface area contributed by atoms with Gasteiger partial charge in [-0.3, -0.25) is 19.2 Å². The van der Waals surface area contributed by atoms with Crippen molar-refractivity contribution in [3.05, 3.63) is 118 Å². The Kier molecular flexibility index (Phi) is 11.2. The molecule has 3 aromatic carbocycles. The van der Waals surface area contributed by atoms with Crippen molar-refractivity contribution < 1.29 is 23.9 Å². The Morgan fingerprint density at radius 1 is 0.952 bits per heavy atom. The van der Waals surface area contributed by atoms with Gasteiger partial charge in [-0.05, 0) is 66.6 Å². The van der Waals surface area contributed by atoms with E-state index in [0.29, 0.717) is 45.7 Å². The number of carbonyl (C=O) groups excluding carboxylic acids is 4. The minimum absolute atomic E-state index is 0.140. The average Bonchev–Trinajstić information content (AvgIpc) is 2.97. The fourth-order valence-electron chi connectivity index (χ4n) is 4.37. The van der Waals surface area contributed by atoms with Crippen molar-refractivity contribution >= 4 is 46.7 Å². The number of allylic oxidation sites excluding steroid dienone is 2. The molecule has 0 bridgehead atoms. The number of likely N-dealkylation sites (N-methyl/N-ethyl adjacent to an activating group) is 1. The molecular formula is C33H34ClN3O5. The molecule has 0 saturated carbocycles. The molecule has 0 heterocycles. The molecule has 0 aliphatic heterocycles. The van der Waals surface area contributed by atoms with Crippen LogP contribution >= 0.6 is 11.6 Å². The molecule has 1 atom stereocenters. The van der Waals surface area contributed by atoms with E-state index in [4.69, 9.17) is 16.3 Å². The Bertz CT molecular complexity index is 1500. The highest BCUT2D eigenvalue weighted by Crippen LogP contribution is 2.30. The van der Waals surface area contributed by atoms with Crippen molar-refractivity contribution in [1.29, 1.82) is 0 Å². The highest BCUT2D eigenvalue weighted by atomic mass is 35.5. The Labute approximate surface area is 251 Å². The molecule has 218 valence electrons. The molecule has 0 saturated heterocycles. The third kappa shape index (κ3) is 8.17. The first-order valence-electron chi connectivity index (χ1n) is 13.2. The van der Waals surface area contributed by atoms with Gasteiger partial charge in [0, 0.05) is 61.2 Å². The largest absolute Gasteiger partial charge is 0.495 e. The fraction of sp³-hybridized carbons (Fsp3) is 0.212. The van der Waals surface area contributed by atoms with Gasteiger partial charge in [0.05, 0.1) is 7.11 Å². The second kappa shape index (κ2) is 14.8. The first-order valence-corrected chi connectivity index (χ1v) is 13.5. The first kappa shape index (κ1) is 31.8. The van der Waals surface area contributed by atoms with E-state index in [0.717, 1.165) is 5.56 Å². The second-order valence-corrected chi connectivity index (χ2v) is 10.2. The van der Waals surface area contributed by atoms with Crippen LogP contribution < -0.4 is 5.32 Å². The van der Waals surface area contributed by atoms with Crippen molar-refractivity contribution in [2.45, 2.75) is 19.4 Å². The topological polar surface area (TPSA) is 96.0 Å². The standard InChI is InChI=1S/C33H34ClN3O5/c1-22(39)27-16-13-25(34)20-29(27)28(17-18-38)31(42-5)21-37(4)30(19-23-9-7-6-8-10-23)32(40)35-26-14-11-24(12-15-26)33(41)36(2)3/h6-18,20-21,30H,19H2,1-5H3,(H,35,40)/b28-17-,31-21+/t30-/m0/s1. The zero-order valence-corrected chi connectivity index (χ0v) is 25.0. The molecule has 0 fully saturated rings. The number of nitrogens with one attached hydrogen (secondary N) is 1. The summed E-state index contributed by atoms with van der Waals surface area (Å²) in [5.74, 6) is -0.389. The first-order chi connectivity index (χ1) is 20.0. The smallest absolute Gasteiger partial charge is 0.253 e. The monoisotopic (exact) mass is 587 g/mol. The Morgan fingerprint density at radius 2 is 1.62 bits per heavy atom. The van der Waals surface area contributed by atoms with Crippen molar-refractivity contribution in [2.75, 3.05) is 33.6 Å². The van der Waals surface area contributed by atoms with Gasteiger partial charge in [0.1, 0.15) is 18.1 Å². The molecule has 0 aliphatic rings. The lowest BCUT2D eigenvalue weighted by Gasteiger charge is -2.27. The number of ketones is 1. The number of hydrogen-bond donors (Lipinski definition) is 1. The maximum atomic E-state index is 13.7. The van der Waals surface area contributed by atoms with E-state index >= 15 is 0 Å². The minimum atomic E-state index is -0.704. The number of Topliss-reactive ketones (excluding diaryl/α,β-unsaturated/α-hetero) is 1. The predicted octanol–water partition coefficient (Wildman–Crippen LogP) is 5.50. The Hall–Kier alpha value is -4.69. The van der Waals surface area contributed by atoms with Crippen LogP contribution in [0.15, 0.2) is 90.8 Å². The maximum absolute atomic E-state index is 13.7. The van der Waals surface area contributed by atoms with Crippen molar-refractivity contribution in [2.24, 2.45) is 0 Å². The van der Waals surface area contributed by atoms with Crippen LogP contribution in [0.4, 0.5) is 5.69 Å². The molecule has 8 nitrogen and oxygen atoms in total. The number of rotatable bonds is 12. The summed E-state index contributed by atoms with van der Waals surface area (Å²) in [6.45, 7) is 1.43. The molecule has 0 aliphatic carbocycles. The van der Waals surface area contributed by atoms with Crippen LogP contribution in [0.2, 0.25) is 5.02 Å². The van der Waals surface area contributed by atoms with E-state index < -0.39 is 6.04 Å². The normalized spacial score (nSPS) is 12.2. The van der Waals surface area contributed by atoms with E-state index in [-0.39, 0.29) is 23.4 Å². The second-order valence-electron chi connectivity index (χ2n) is 9.80. The number of methoxy groups -OCH3 is 1. The molecule has 1 N–H and O–H groups in total. The van der Waals surface area contributed by atoms with Crippen LogP contribution in [-0.4, -0.2) is 68.0 Å². The highest BCUT2D eigenvalue weighted by molar-refractivity contribution is 6.31. The van der Waals surface area contributed by atoms with Crippen LogP contribution in [0, 0.1) is 0 Å². The van der Waals surface area contributed by atoms with Crippen LogP contribution in [-0.2, 0) is 20.7 Å². The Balaban J connectivity index is 2.00. The lowest BCUT2D eigenvalue weighted by Crippen LogP contribution is -2.41. The Morgan fingerprint density at radius 3 is 2.19 bits per heavy atom. The lowest BCUT2D eigenvalue weighted by atomic mass is 9.95. The molecule has 3 aromatic rings. The lowest BCUT2D eigenvalue weighted by molar-refractivity contribution is -0.120. The number of hydrogen-bond acceptors (Lipinski definition) is 6. The zero-order chi connectivity index (χ0) is 30.8. The quantitative estimate of drug-likeness (QED) is 0.0989. The van der Waals surface area contributed by atoms with Gasteiger partial charge in [-0.1, -0.05) is 41.9 Å². The van der Waals surface area contributed by atoms with Gasteiger partial charge in [-0.2, -0.15) is 0 Å². The van der Waals surface area contributed by atoms with Crippen molar-refractivity contribution in [3.63, 3.8) is 0 Å². The number of carbonyl (C=O) groups is 4. The van der Waals surface area contributed by atoms with E-state index in [9.17, 15) is 19.2 Å². The predicted molar refractivity (Wildman–Crippen MR) is 165 cm³/mol. The van der Waals surface area contributed by atoms with Crippen molar-refractivity contribution in [3.8, 4) is 0 Å². The molecule has 2 amide bonds. The van der Waals surface area contributed by atoms with Crippen LogP contribution in [0.3, 0.4) is 0 Å². The maximum Gasteiger partial charge on any atom is 0.253 e. The molecule has 0 radical (unpaired) electrons. The molecule has 0 aromatic heterocycles. The molecule has 3 rings (SSSR count). The summed E-state index contributed by atoms with van der Waals surface area (Å²) in [5.41, 5.74) is 3.11. The number of ether oxygens (including phenoxy) is 1. The summed E-state index contributed by atoms with van der Waals surface area (Å²) in [6, 6.07) is 20.3. The van der Waals surface area contributed by atoms with Crippen LogP contribution in [0.25, 0.3) is 5.57 Å². The van der Waals surface area contributed by atoms with Gasteiger partial charge < -0.3 is 19.9 Å². The van der Waals surface area contributed by atoms with E-state index in [1.807, 2.05) is 30.3 Å². The summed E-state index contributed by atoms with van der Waals surface area (Å²) >= 11 is 6.25. The van der Waals surface area contributed by atoms with E-state index in [2.05, 4.69) is 5.32 Å². The van der Waals surface area contributed by atoms with Gasteiger partial charge >= 0.3 is 0 Å². The number of benzene rings is 3. The summed E-state index contributed by atoms with van der Waals surface area (Å²) in [6.07, 6.45) is 3.87. The van der Waals surface area contributed by atoms with Crippen molar-refractivity contribution in [1.82, 2.24) is 9.80 Å². The van der Waals surface area contributed by atoms with Gasteiger partial charge in [0.2, 0.25) is 5.91 Å². The summed E-state index contributed by atoms with van der Waals surface area (Å²) in [4.78, 5) is 53.2. The minimum Gasteiger partial charge on any atom is -0.495 e. The third-order valence-corrected chi connectivity index (χ3v) is 6.80. The van der Waals surface area contributed by atoms with Crippen LogP contribution in [0.1, 0.15) is 38.8 Å². The molecular weight excluding hydrogens is 554 g/mol. The van der Waals surface area contributed by atoms with Gasteiger partial charge in [0.25, 0.3) is 5.91 Å². The summed E-state index contributed by atoms with van der Waals surface area (Å²) in [5, 5.41) is 3.32. The number of aldehydes is 1. The summed E-state index contributed by atoms with van der Waals surface area (Å²) < 4.78 is 5.69. The van der Waals surface area contributed by atoms with Gasteiger partial charge in [-0.15, -0.1) is 0 Å². The number of nitrogens with zero attached hydrogens (tertiary/aromatic N) is 2. The van der Waals surface area contributed by atoms with E-state index in [1.54, 1.807) is 74.7 Å². The number of amides is 2. The molecule has 9 heteroatoms. The average molecular weight is 588 g/mol. The molecule has 0 spiro atoms.